The molecular weight excluding hydrogens is 280 g/mol. The standard InChI is InChI=1S/C22H38O/c1-4-7-17-10-12-18(13-11-17)15-21(23)22(3)16(2)14-19-8-5-6-9-20(19)22/h12,16-17,19-21,23H,4-11,13-15H2,1-3H3/t16-,17+,19+,20?,21?,22?/m0/s1. The summed E-state index contributed by atoms with van der Waals surface area (Å²) in [6, 6.07) is 0. The number of hydrogen-bond donors (Lipinski definition) is 1. The van der Waals surface area contributed by atoms with E-state index < -0.39 is 0 Å². The van der Waals surface area contributed by atoms with Crippen molar-refractivity contribution >= 4 is 0 Å². The van der Waals surface area contributed by atoms with Crippen LogP contribution in [0.15, 0.2) is 11.6 Å². The quantitative estimate of drug-likeness (QED) is 0.606. The first-order valence-electron chi connectivity index (χ1n) is 10.4. The van der Waals surface area contributed by atoms with Crippen molar-refractivity contribution in [3.05, 3.63) is 11.6 Å². The van der Waals surface area contributed by atoms with Gasteiger partial charge >= 0.3 is 0 Å². The Labute approximate surface area is 143 Å². The van der Waals surface area contributed by atoms with Gasteiger partial charge in [-0.3, -0.25) is 0 Å². The molecule has 3 rings (SSSR count). The first kappa shape index (κ1) is 17.5. The third-order valence-corrected chi connectivity index (χ3v) is 7.91. The zero-order valence-corrected chi connectivity index (χ0v) is 15.7. The smallest absolute Gasteiger partial charge is 0.0636 e. The molecule has 2 saturated carbocycles. The monoisotopic (exact) mass is 318 g/mol. The van der Waals surface area contributed by atoms with Crippen molar-refractivity contribution in [1.82, 2.24) is 0 Å². The molecule has 0 aromatic heterocycles. The van der Waals surface area contributed by atoms with Crippen LogP contribution in [-0.4, -0.2) is 11.2 Å². The molecule has 23 heavy (non-hydrogen) atoms. The number of aliphatic hydroxyl groups excluding tert-OH is 1. The Morgan fingerprint density at radius 1 is 1.26 bits per heavy atom. The highest BCUT2D eigenvalue weighted by molar-refractivity contribution is 5.12. The average molecular weight is 319 g/mol. The van der Waals surface area contributed by atoms with Crippen molar-refractivity contribution in [3.63, 3.8) is 0 Å². The summed E-state index contributed by atoms with van der Waals surface area (Å²) in [6.07, 6.45) is 16.8. The predicted octanol–water partition coefficient (Wildman–Crippen LogP) is 6.12. The Hall–Kier alpha value is -0.300. The van der Waals surface area contributed by atoms with Crippen LogP contribution in [0, 0.1) is 29.1 Å². The maximum absolute atomic E-state index is 11.2. The molecule has 3 unspecified atom stereocenters. The Kier molecular flexibility index (Phi) is 5.56. The summed E-state index contributed by atoms with van der Waals surface area (Å²) in [4.78, 5) is 0. The van der Waals surface area contributed by atoms with Crippen LogP contribution in [0.1, 0.15) is 91.4 Å². The van der Waals surface area contributed by atoms with Gasteiger partial charge in [-0.25, -0.2) is 0 Å². The highest BCUT2D eigenvalue weighted by Crippen LogP contribution is 2.58. The summed E-state index contributed by atoms with van der Waals surface area (Å²) in [5.74, 6) is 3.26. The van der Waals surface area contributed by atoms with Crippen molar-refractivity contribution in [1.29, 1.82) is 0 Å². The molecule has 0 heterocycles. The zero-order valence-electron chi connectivity index (χ0n) is 15.7. The first-order valence-corrected chi connectivity index (χ1v) is 10.4. The molecule has 132 valence electrons. The van der Waals surface area contributed by atoms with E-state index in [1.54, 1.807) is 5.57 Å². The van der Waals surface area contributed by atoms with Gasteiger partial charge in [0.15, 0.2) is 0 Å². The van der Waals surface area contributed by atoms with Crippen LogP contribution in [0.25, 0.3) is 0 Å². The number of allylic oxidation sites excluding steroid dienone is 1. The van der Waals surface area contributed by atoms with Crippen molar-refractivity contribution in [3.8, 4) is 0 Å². The fraction of sp³-hybridized carbons (Fsp3) is 0.909. The van der Waals surface area contributed by atoms with Crippen LogP contribution >= 0.6 is 0 Å². The maximum Gasteiger partial charge on any atom is 0.0636 e. The molecule has 0 spiro atoms. The van der Waals surface area contributed by atoms with E-state index in [1.807, 2.05) is 0 Å². The lowest BCUT2D eigenvalue weighted by molar-refractivity contribution is -0.0314. The fourth-order valence-electron chi connectivity index (χ4n) is 6.22. The first-order chi connectivity index (χ1) is 11.1. The van der Waals surface area contributed by atoms with Crippen molar-refractivity contribution in [2.45, 2.75) is 97.5 Å². The SMILES string of the molecule is CCC[C@@H]1CC=C(CC(O)C2(C)C3CCCC[C@@H]3C[C@@H]2C)CC1. The van der Waals surface area contributed by atoms with Crippen LogP contribution in [-0.2, 0) is 0 Å². The minimum absolute atomic E-state index is 0.125. The molecule has 3 aliphatic carbocycles. The van der Waals surface area contributed by atoms with E-state index in [-0.39, 0.29) is 11.5 Å². The van der Waals surface area contributed by atoms with Gasteiger partial charge in [0.05, 0.1) is 6.10 Å². The van der Waals surface area contributed by atoms with E-state index in [1.165, 1.54) is 64.2 Å². The lowest BCUT2D eigenvalue weighted by atomic mass is 9.64. The Balaban J connectivity index is 1.64. The normalized spacial score (nSPS) is 42.2. The van der Waals surface area contributed by atoms with Crippen LogP contribution in [0.3, 0.4) is 0 Å². The van der Waals surface area contributed by atoms with E-state index in [4.69, 9.17) is 0 Å². The van der Waals surface area contributed by atoms with Crippen LogP contribution < -0.4 is 0 Å². The molecule has 1 N–H and O–H groups in total. The molecule has 3 aliphatic rings. The summed E-state index contributed by atoms with van der Waals surface area (Å²) in [5, 5.41) is 11.2. The Morgan fingerprint density at radius 2 is 2.04 bits per heavy atom. The molecule has 1 nitrogen and oxygen atoms in total. The van der Waals surface area contributed by atoms with Gasteiger partial charge in [-0.05, 0) is 67.6 Å². The van der Waals surface area contributed by atoms with Crippen molar-refractivity contribution in [2.24, 2.45) is 29.1 Å². The highest BCUT2D eigenvalue weighted by atomic mass is 16.3. The van der Waals surface area contributed by atoms with Crippen molar-refractivity contribution in [2.75, 3.05) is 0 Å². The Morgan fingerprint density at radius 3 is 2.74 bits per heavy atom. The molecule has 0 aliphatic heterocycles. The summed E-state index contributed by atoms with van der Waals surface area (Å²) in [5.41, 5.74) is 1.71. The van der Waals surface area contributed by atoms with Gasteiger partial charge in [0, 0.05) is 0 Å². The van der Waals surface area contributed by atoms with Gasteiger partial charge in [-0.1, -0.05) is 64.5 Å². The molecule has 2 fully saturated rings. The Bertz CT molecular complexity index is 426. The number of aliphatic hydroxyl groups is 1. The molecule has 0 bridgehead atoms. The second-order valence-electron chi connectivity index (χ2n) is 9.17. The minimum Gasteiger partial charge on any atom is -0.392 e. The van der Waals surface area contributed by atoms with E-state index in [9.17, 15) is 5.11 Å². The predicted molar refractivity (Wildman–Crippen MR) is 98.3 cm³/mol. The lowest BCUT2D eigenvalue weighted by Crippen LogP contribution is -2.42. The van der Waals surface area contributed by atoms with Crippen LogP contribution in [0.4, 0.5) is 0 Å². The second kappa shape index (κ2) is 7.30. The summed E-state index contributed by atoms with van der Waals surface area (Å²) < 4.78 is 0. The van der Waals surface area contributed by atoms with Crippen LogP contribution in [0.5, 0.6) is 0 Å². The van der Waals surface area contributed by atoms with Gasteiger partial charge in [0.2, 0.25) is 0 Å². The van der Waals surface area contributed by atoms with E-state index in [2.05, 4.69) is 26.8 Å². The topological polar surface area (TPSA) is 20.2 Å². The molecule has 0 radical (unpaired) electrons. The minimum atomic E-state index is -0.125. The van der Waals surface area contributed by atoms with E-state index >= 15 is 0 Å². The largest absolute Gasteiger partial charge is 0.392 e. The summed E-state index contributed by atoms with van der Waals surface area (Å²) in [6.45, 7) is 7.13. The summed E-state index contributed by atoms with van der Waals surface area (Å²) >= 11 is 0. The number of rotatable bonds is 5. The van der Waals surface area contributed by atoms with Crippen molar-refractivity contribution < 1.29 is 5.11 Å². The van der Waals surface area contributed by atoms with Gasteiger partial charge < -0.3 is 5.11 Å². The third kappa shape index (κ3) is 3.41. The van der Waals surface area contributed by atoms with Gasteiger partial charge in [-0.15, -0.1) is 0 Å². The van der Waals surface area contributed by atoms with Gasteiger partial charge in [0.1, 0.15) is 0 Å². The van der Waals surface area contributed by atoms with E-state index in [0.717, 1.165) is 24.2 Å². The van der Waals surface area contributed by atoms with Gasteiger partial charge in [-0.2, -0.15) is 0 Å². The molecule has 0 aromatic carbocycles. The molecule has 0 amide bonds. The van der Waals surface area contributed by atoms with Crippen LogP contribution in [0.2, 0.25) is 0 Å². The van der Waals surface area contributed by atoms with E-state index in [0.29, 0.717) is 5.92 Å². The number of hydrogen-bond acceptors (Lipinski definition) is 1. The number of fused-ring (bicyclic) bond motifs is 1. The molecule has 6 atom stereocenters. The second-order valence-corrected chi connectivity index (χ2v) is 9.17. The zero-order chi connectivity index (χ0) is 16.4. The maximum atomic E-state index is 11.2. The highest BCUT2D eigenvalue weighted by Gasteiger charge is 2.53. The molecule has 0 aromatic rings. The lowest BCUT2D eigenvalue weighted by Gasteiger charge is -2.43. The third-order valence-electron chi connectivity index (χ3n) is 7.91. The molecular formula is C22H38O. The molecule has 0 saturated heterocycles. The summed E-state index contributed by atoms with van der Waals surface area (Å²) in [7, 11) is 0. The molecule has 1 heteroatoms. The van der Waals surface area contributed by atoms with Gasteiger partial charge in [0.25, 0.3) is 0 Å². The average Bonchev–Trinajstić information content (AvgIpc) is 2.82. The fourth-order valence-corrected chi connectivity index (χ4v) is 6.22.